The number of hydrogen-bond acceptors (Lipinski definition) is 3. The minimum Gasteiger partial charge on any atom is -0.459 e. The Morgan fingerprint density at radius 3 is 2.46 bits per heavy atom. The molecule has 1 aromatic carbocycles. The van der Waals surface area contributed by atoms with Crippen LogP contribution < -0.4 is 5.32 Å². The molecule has 0 bridgehead atoms. The summed E-state index contributed by atoms with van der Waals surface area (Å²) in [6.07, 6.45) is 3.87. The fourth-order valence-electron chi connectivity index (χ4n) is 3.36. The summed E-state index contributed by atoms with van der Waals surface area (Å²) in [7, 11) is 0. The van der Waals surface area contributed by atoms with Crippen LogP contribution in [0.15, 0.2) is 47.1 Å². The van der Waals surface area contributed by atoms with Crippen molar-refractivity contribution in [3.63, 3.8) is 0 Å². The predicted octanol–water partition coefficient (Wildman–Crippen LogP) is 3.57. The summed E-state index contributed by atoms with van der Waals surface area (Å²) in [6.45, 7) is 5.30. The first-order valence-corrected chi connectivity index (χ1v) is 9.30. The average Bonchev–Trinajstić information content (AvgIpc) is 3.22. The zero-order chi connectivity index (χ0) is 18.5. The van der Waals surface area contributed by atoms with Gasteiger partial charge in [0.2, 0.25) is 5.91 Å². The van der Waals surface area contributed by atoms with Crippen LogP contribution >= 0.6 is 0 Å². The van der Waals surface area contributed by atoms with Crippen LogP contribution in [-0.2, 0) is 11.2 Å². The number of aryl methyl sites for hydroxylation is 1. The van der Waals surface area contributed by atoms with Crippen molar-refractivity contribution in [2.45, 2.75) is 39.2 Å². The molecule has 1 saturated heterocycles. The molecule has 1 aliphatic heterocycles. The van der Waals surface area contributed by atoms with E-state index in [1.807, 2.05) is 6.92 Å². The van der Waals surface area contributed by atoms with Crippen LogP contribution in [0.5, 0.6) is 0 Å². The number of piperidine rings is 1. The number of benzene rings is 1. The monoisotopic (exact) mass is 354 g/mol. The summed E-state index contributed by atoms with van der Waals surface area (Å²) in [6, 6.07) is 11.7. The van der Waals surface area contributed by atoms with Crippen molar-refractivity contribution in [1.29, 1.82) is 0 Å². The van der Waals surface area contributed by atoms with Gasteiger partial charge in [0.05, 0.1) is 12.3 Å². The van der Waals surface area contributed by atoms with Gasteiger partial charge in [-0.1, -0.05) is 31.2 Å². The minimum absolute atomic E-state index is 0.0174. The molecule has 0 radical (unpaired) electrons. The maximum Gasteiger partial charge on any atom is 0.289 e. The van der Waals surface area contributed by atoms with Gasteiger partial charge in [-0.05, 0) is 49.4 Å². The molecule has 138 valence electrons. The molecular formula is C21H26N2O3. The van der Waals surface area contributed by atoms with E-state index in [0.29, 0.717) is 31.7 Å². The number of likely N-dealkylation sites (tertiary alicyclic amines) is 1. The van der Waals surface area contributed by atoms with Crippen LogP contribution in [0, 0.1) is 5.92 Å². The number of hydrogen-bond donors (Lipinski definition) is 1. The summed E-state index contributed by atoms with van der Waals surface area (Å²) in [4.78, 5) is 26.6. The van der Waals surface area contributed by atoms with E-state index in [0.717, 1.165) is 12.0 Å². The second-order valence-electron chi connectivity index (χ2n) is 6.87. The molecule has 1 atom stereocenters. The van der Waals surface area contributed by atoms with Crippen LogP contribution in [0.25, 0.3) is 0 Å². The van der Waals surface area contributed by atoms with Crippen LogP contribution in [0.4, 0.5) is 0 Å². The van der Waals surface area contributed by atoms with Crippen molar-refractivity contribution in [3.8, 4) is 0 Å². The molecule has 2 amide bonds. The van der Waals surface area contributed by atoms with Crippen LogP contribution in [-0.4, -0.2) is 29.8 Å². The highest BCUT2D eigenvalue weighted by Gasteiger charge is 2.29. The van der Waals surface area contributed by atoms with Gasteiger partial charge in [0.1, 0.15) is 0 Å². The van der Waals surface area contributed by atoms with Gasteiger partial charge in [-0.15, -0.1) is 0 Å². The molecule has 26 heavy (non-hydrogen) atoms. The summed E-state index contributed by atoms with van der Waals surface area (Å²) in [5, 5.41) is 3.11. The van der Waals surface area contributed by atoms with E-state index in [9.17, 15) is 9.59 Å². The van der Waals surface area contributed by atoms with E-state index in [2.05, 4.69) is 36.5 Å². The zero-order valence-corrected chi connectivity index (χ0v) is 15.4. The summed E-state index contributed by atoms with van der Waals surface area (Å²) >= 11 is 0. The standard InChI is InChI=1S/C21H26N2O3/c1-3-16-6-8-17(9-7-16)15(2)22-20(24)18-10-12-23(13-11-18)21(25)19-5-4-14-26-19/h4-9,14-15,18H,3,10-13H2,1-2H3,(H,22,24). The third kappa shape index (κ3) is 4.15. The molecule has 2 aromatic rings. The fraction of sp³-hybridized carbons (Fsp3) is 0.429. The van der Waals surface area contributed by atoms with Gasteiger partial charge in [0.25, 0.3) is 5.91 Å². The molecule has 1 aliphatic rings. The molecule has 0 spiro atoms. The number of nitrogens with one attached hydrogen (secondary N) is 1. The summed E-state index contributed by atoms with van der Waals surface area (Å²) < 4.78 is 5.17. The third-order valence-electron chi connectivity index (χ3n) is 5.13. The van der Waals surface area contributed by atoms with E-state index >= 15 is 0 Å². The normalized spacial score (nSPS) is 16.3. The molecule has 1 unspecified atom stereocenters. The maximum atomic E-state index is 12.6. The zero-order valence-electron chi connectivity index (χ0n) is 15.4. The summed E-state index contributed by atoms with van der Waals surface area (Å²) in [5.74, 6) is 0.283. The van der Waals surface area contributed by atoms with E-state index < -0.39 is 0 Å². The average molecular weight is 354 g/mol. The van der Waals surface area contributed by atoms with Gasteiger partial charge in [0, 0.05) is 19.0 Å². The topological polar surface area (TPSA) is 62.6 Å². The van der Waals surface area contributed by atoms with Crippen molar-refractivity contribution in [1.82, 2.24) is 10.2 Å². The highest BCUT2D eigenvalue weighted by molar-refractivity contribution is 5.91. The van der Waals surface area contributed by atoms with Crippen molar-refractivity contribution in [2.24, 2.45) is 5.92 Å². The Labute approximate surface area is 154 Å². The van der Waals surface area contributed by atoms with Gasteiger partial charge < -0.3 is 14.6 Å². The lowest BCUT2D eigenvalue weighted by atomic mass is 9.95. The number of rotatable bonds is 5. The van der Waals surface area contributed by atoms with E-state index in [1.54, 1.807) is 17.0 Å². The van der Waals surface area contributed by atoms with Crippen LogP contribution in [0.1, 0.15) is 54.4 Å². The highest BCUT2D eigenvalue weighted by atomic mass is 16.3. The van der Waals surface area contributed by atoms with Gasteiger partial charge in [0.15, 0.2) is 5.76 Å². The number of amides is 2. The van der Waals surface area contributed by atoms with Crippen molar-refractivity contribution in [2.75, 3.05) is 13.1 Å². The second-order valence-corrected chi connectivity index (χ2v) is 6.87. The second kappa shape index (κ2) is 8.21. The molecule has 0 aliphatic carbocycles. The molecule has 0 saturated carbocycles. The first-order chi connectivity index (χ1) is 12.6. The quantitative estimate of drug-likeness (QED) is 0.893. The molecule has 3 rings (SSSR count). The van der Waals surface area contributed by atoms with Gasteiger partial charge in [-0.25, -0.2) is 0 Å². The smallest absolute Gasteiger partial charge is 0.289 e. The Bertz CT molecular complexity index is 729. The number of carbonyl (C=O) groups is 2. The molecular weight excluding hydrogens is 328 g/mol. The molecule has 5 heteroatoms. The number of furan rings is 1. The maximum absolute atomic E-state index is 12.6. The Kier molecular flexibility index (Phi) is 5.76. The van der Waals surface area contributed by atoms with Gasteiger partial charge in [-0.3, -0.25) is 9.59 Å². The third-order valence-corrected chi connectivity index (χ3v) is 5.13. The lowest BCUT2D eigenvalue weighted by Gasteiger charge is -2.31. The van der Waals surface area contributed by atoms with Crippen LogP contribution in [0.3, 0.4) is 0 Å². The Morgan fingerprint density at radius 2 is 1.88 bits per heavy atom. The first-order valence-electron chi connectivity index (χ1n) is 9.30. The number of carbonyl (C=O) groups excluding carboxylic acids is 2. The Morgan fingerprint density at radius 1 is 1.19 bits per heavy atom. The molecule has 1 N–H and O–H groups in total. The molecule has 1 aromatic heterocycles. The van der Waals surface area contributed by atoms with Crippen LogP contribution in [0.2, 0.25) is 0 Å². The number of nitrogens with zero attached hydrogens (tertiary/aromatic N) is 1. The van der Waals surface area contributed by atoms with Crippen molar-refractivity contribution < 1.29 is 14.0 Å². The SMILES string of the molecule is CCc1ccc(C(C)NC(=O)C2CCN(C(=O)c3ccco3)CC2)cc1. The van der Waals surface area contributed by atoms with E-state index in [1.165, 1.54) is 11.8 Å². The molecule has 1 fully saturated rings. The molecule has 2 heterocycles. The lowest BCUT2D eigenvalue weighted by Crippen LogP contribution is -2.43. The lowest BCUT2D eigenvalue weighted by molar-refractivity contribution is -0.127. The predicted molar refractivity (Wildman–Crippen MR) is 99.7 cm³/mol. The van der Waals surface area contributed by atoms with E-state index in [-0.39, 0.29) is 23.8 Å². The van der Waals surface area contributed by atoms with Gasteiger partial charge >= 0.3 is 0 Å². The highest BCUT2D eigenvalue weighted by Crippen LogP contribution is 2.21. The van der Waals surface area contributed by atoms with Crippen molar-refractivity contribution >= 4 is 11.8 Å². The largest absolute Gasteiger partial charge is 0.459 e. The molecule has 5 nitrogen and oxygen atoms in total. The Hall–Kier alpha value is -2.56. The van der Waals surface area contributed by atoms with E-state index in [4.69, 9.17) is 4.42 Å². The Balaban J connectivity index is 1.50. The van der Waals surface area contributed by atoms with Gasteiger partial charge in [-0.2, -0.15) is 0 Å². The fourth-order valence-corrected chi connectivity index (χ4v) is 3.36. The van der Waals surface area contributed by atoms with Crippen molar-refractivity contribution in [3.05, 3.63) is 59.5 Å². The summed E-state index contributed by atoms with van der Waals surface area (Å²) in [5.41, 5.74) is 2.40. The first kappa shape index (κ1) is 18.2. The minimum atomic E-state index is -0.0989.